The first kappa shape index (κ1) is 51.4. The van der Waals surface area contributed by atoms with E-state index < -0.39 is 115 Å². The highest BCUT2D eigenvalue weighted by Gasteiger charge is 2.42. The summed E-state index contributed by atoms with van der Waals surface area (Å²) in [6.45, 7) is 10.8. The Bertz CT molecular complexity index is 3090. The number of halogens is 3. The normalized spacial score (nSPS) is 19.2. The lowest BCUT2D eigenvalue weighted by Crippen LogP contribution is -2.39. The molecule has 1 saturated heterocycles. The smallest absolute Gasteiger partial charge is 0.337 e. The Balaban J connectivity index is 1.36. The molecule has 2 atom stereocenters. The molecule has 0 aromatic heterocycles. The Morgan fingerprint density at radius 2 is 1.54 bits per heavy atom. The number of nitrogens with one attached hydrogen (secondary N) is 2. The maximum atomic E-state index is 13.5. The van der Waals surface area contributed by atoms with Gasteiger partial charge in [-0.3, -0.25) is 19.4 Å². The fourth-order valence-electron chi connectivity index (χ4n) is 9.35. The Labute approximate surface area is 410 Å². The number of carbonyl (C=O) groups excluding carboxylic acids is 4. The SMILES string of the molecule is CC1CC(C)(C)Nc2c1cc1c(c2S(=O)(=O)[O-])Oc2c(S(=O)(=O)[O-])c3c(cc2=C1c1c(Cl)c(SCC(=O)NCCCCCC(=O)ON2C(=O)CCC2=O)c(Cl)c(Cl)c1C(=O)O)C(C)CC(C)(C)N=3. The molecule has 0 aliphatic carbocycles. The van der Waals surface area contributed by atoms with Crippen molar-refractivity contribution >= 4 is 108 Å². The molecule has 3 aromatic rings. The number of rotatable bonds is 14. The molecule has 68 heavy (non-hydrogen) atoms. The third-order valence-electron chi connectivity index (χ3n) is 12.0. The molecule has 3 N–H and O–H groups in total. The van der Waals surface area contributed by atoms with Gasteiger partial charge < -0.3 is 34.4 Å². The Hall–Kier alpha value is -4.48. The predicted molar refractivity (Wildman–Crippen MR) is 247 cm³/mol. The van der Waals surface area contributed by atoms with Gasteiger partial charge in [0.1, 0.15) is 30.0 Å². The molecule has 0 bridgehead atoms. The molecule has 24 heteroatoms. The number of hydroxylamine groups is 2. The van der Waals surface area contributed by atoms with E-state index in [1.54, 1.807) is 41.5 Å². The number of hydrogen-bond donors (Lipinski definition) is 3. The predicted octanol–water partition coefficient (Wildman–Crippen LogP) is 6.49. The van der Waals surface area contributed by atoms with Gasteiger partial charge in [0.05, 0.1) is 43.0 Å². The molecule has 0 spiro atoms. The second-order valence-corrected chi connectivity index (χ2v) is 23.2. The Morgan fingerprint density at radius 1 is 0.912 bits per heavy atom. The van der Waals surface area contributed by atoms with E-state index in [-0.39, 0.29) is 74.4 Å². The average molecular weight is 1060 g/mol. The molecule has 3 amide bonds. The zero-order valence-electron chi connectivity index (χ0n) is 37.4. The number of nitrogens with zero attached hydrogens (tertiary/aromatic N) is 2. The van der Waals surface area contributed by atoms with E-state index >= 15 is 0 Å². The van der Waals surface area contributed by atoms with Gasteiger partial charge in [-0.05, 0) is 88.5 Å². The summed E-state index contributed by atoms with van der Waals surface area (Å²) < 4.78 is 87.5. The number of thioether (sulfide) groups is 1. The van der Waals surface area contributed by atoms with Gasteiger partial charge in [0.15, 0.2) is 11.5 Å². The van der Waals surface area contributed by atoms with Crippen molar-refractivity contribution in [2.75, 3.05) is 17.6 Å². The van der Waals surface area contributed by atoms with Crippen LogP contribution < -0.4 is 25.9 Å². The van der Waals surface area contributed by atoms with E-state index in [1.807, 2.05) is 0 Å². The molecule has 4 heterocycles. The minimum Gasteiger partial charge on any atom is -0.744 e. The molecule has 2 unspecified atom stereocenters. The van der Waals surface area contributed by atoms with Crippen molar-refractivity contribution in [3.63, 3.8) is 0 Å². The van der Waals surface area contributed by atoms with Crippen molar-refractivity contribution in [3.05, 3.63) is 65.6 Å². The lowest BCUT2D eigenvalue weighted by atomic mass is 9.79. The first-order valence-electron chi connectivity index (χ1n) is 21.3. The number of fused-ring (bicyclic) bond motifs is 4. The molecule has 1 fully saturated rings. The Kier molecular flexibility index (Phi) is 14.1. The van der Waals surface area contributed by atoms with Crippen LogP contribution >= 0.6 is 46.6 Å². The number of hydrogen-bond acceptors (Lipinski definition) is 16. The van der Waals surface area contributed by atoms with Gasteiger partial charge in [-0.2, -0.15) is 0 Å². The standard InChI is InChI=1S/C44H47Cl3N4O14S3/c1-19-16-43(3,4)49-35-21(19)14-23-29(24-15-22-20(2)17-44(5,6)50-36(22)41(68(61,62)63)38(24)64-37(23)40(35)67(58,59)60)30-31(42(56)57)32(45)34(47)39(33(30)46)66-18-25(52)48-13-9-7-8-10-28(55)65-51-26(53)11-12-27(51)54/h14-15,19-20,49H,7-13,16-18H2,1-6H3,(H,48,52)(H,56,57)(H,58,59,60)(H,61,62,63)/p-2. The van der Waals surface area contributed by atoms with E-state index in [9.17, 15) is 55.0 Å². The van der Waals surface area contributed by atoms with E-state index in [0.717, 1.165) is 11.8 Å². The highest BCUT2D eigenvalue weighted by Crippen LogP contribution is 2.54. The van der Waals surface area contributed by atoms with Crippen LogP contribution in [-0.4, -0.2) is 89.1 Å². The summed E-state index contributed by atoms with van der Waals surface area (Å²) in [6.07, 6.45) is 1.86. The minimum atomic E-state index is -5.58. The first-order valence-corrected chi connectivity index (χ1v) is 26.3. The third-order valence-corrected chi connectivity index (χ3v) is 16.3. The number of imide groups is 1. The van der Waals surface area contributed by atoms with Crippen molar-refractivity contribution in [1.82, 2.24) is 10.4 Å². The molecular formula is C44H45Cl3N4O14S3-2. The highest BCUT2D eigenvalue weighted by atomic mass is 35.5. The topological polar surface area (TPSA) is 278 Å². The van der Waals surface area contributed by atoms with E-state index in [0.29, 0.717) is 42.7 Å². The number of anilines is 1. The molecule has 3 aromatic carbocycles. The zero-order chi connectivity index (χ0) is 50.2. The molecule has 4 aliphatic rings. The third kappa shape index (κ3) is 9.95. The summed E-state index contributed by atoms with van der Waals surface area (Å²) in [6, 6.07) is 2.97. The quantitative estimate of drug-likeness (QED) is 0.0400. The monoisotopic (exact) mass is 1050 g/mol. The molecule has 4 aliphatic heterocycles. The molecule has 7 rings (SSSR count). The van der Waals surface area contributed by atoms with Gasteiger partial charge in [0.25, 0.3) is 11.8 Å². The molecule has 0 saturated carbocycles. The lowest BCUT2D eigenvalue weighted by Gasteiger charge is -2.40. The van der Waals surface area contributed by atoms with Crippen molar-refractivity contribution in [1.29, 1.82) is 0 Å². The highest BCUT2D eigenvalue weighted by molar-refractivity contribution is 8.00. The zero-order valence-corrected chi connectivity index (χ0v) is 42.1. The number of carboxylic acids is 1. The van der Waals surface area contributed by atoms with Gasteiger partial charge >= 0.3 is 11.9 Å². The Morgan fingerprint density at radius 3 is 2.16 bits per heavy atom. The summed E-state index contributed by atoms with van der Waals surface area (Å²) in [5.74, 6) is -6.84. The summed E-state index contributed by atoms with van der Waals surface area (Å²) in [4.78, 5) is 69.6. The fourth-order valence-corrected chi connectivity index (χ4v) is 12.9. The van der Waals surface area contributed by atoms with Crippen LogP contribution in [0.5, 0.6) is 11.5 Å². The second-order valence-electron chi connectivity index (χ2n) is 18.4. The summed E-state index contributed by atoms with van der Waals surface area (Å²) >= 11 is 21.6. The first-order chi connectivity index (χ1) is 31.5. The van der Waals surface area contributed by atoms with Gasteiger partial charge in [-0.1, -0.05) is 55.1 Å². The van der Waals surface area contributed by atoms with Crippen LogP contribution in [-0.2, 0) is 44.3 Å². The van der Waals surface area contributed by atoms with E-state index in [4.69, 9.17) is 44.4 Å². The number of carbonyl (C=O) groups is 5. The maximum Gasteiger partial charge on any atom is 0.337 e. The van der Waals surface area contributed by atoms with Crippen LogP contribution in [0.25, 0.3) is 5.57 Å². The number of unbranched alkanes of at least 4 members (excludes halogenated alkanes) is 2. The van der Waals surface area contributed by atoms with Gasteiger partial charge in [-0.15, -0.1) is 16.8 Å². The molecule has 0 radical (unpaired) electrons. The van der Waals surface area contributed by atoms with Crippen molar-refractivity contribution in [2.45, 2.75) is 131 Å². The number of ether oxygens (including phenoxy) is 1. The fraction of sp³-hybridized carbons (Fsp3) is 0.455. The summed E-state index contributed by atoms with van der Waals surface area (Å²) in [7, 11) is -11.1. The van der Waals surface area contributed by atoms with Crippen LogP contribution in [0.4, 0.5) is 5.69 Å². The van der Waals surface area contributed by atoms with Crippen molar-refractivity contribution in [2.24, 2.45) is 4.99 Å². The lowest BCUT2D eigenvalue weighted by molar-refractivity contribution is -0.197. The second kappa shape index (κ2) is 18.7. The van der Waals surface area contributed by atoms with E-state index in [1.165, 1.54) is 12.1 Å². The van der Waals surface area contributed by atoms with E-state index in [2.05, 4.69) is 15.6 Å². The molecule has 366 valence electrons. The maximum absolute atomic E-state index is 13.5. The number of benzene rings is 3. The van der Waals surface area contributed by atoms with Crippen LogP contribution in [0.1, 0.15) is 137 Å². The van der Waals surface area contributed by atoms with Gasteiger partial charge in [0, 0.05) is 58.2 Å². The number of carboxylic acid groups (broad SMARTS) is 1. The average Bonchev–Trinajstić information content (AvgIpc) is 3.51. The number of amides is 3. The van der Waals surface area contributed by atoms with Gasteiger partial charge in [-0.25, -0.2) is 26.4 Å². The van der Waals surface area contributed by atoms with Crippen LogP contribution in [0.2, 0.25) is 15.1 Å². The molecular weight excluding hydrogens is 1010 g/mol. The van der Waals surface area contributed by atoms with Gasteiger partial charge in [0.2, 0.25) is 5.91 Å². The van der Waals surface area contributed by atoms with Crippen molar-refractivity contribution in [3.8, 4) is 11.5 Å². The van der Waals surface area contributed by atoms with Crippen LogP contribution in [0.3, 0.4) is 0 Å². The molecule has 18 nitrogen and oxygen atoms in total. The number of aromatic carboxylic acids is 1. The summed E-state index contributed by atoms with van der Waals surface area (Å²) in [5, 5.41) is 15.4. The summed E-state index contributed by atoms with van der Waals surface area (Å²) in [5.41, 5.74) is -2.82. The minimum absolute atomic E-state index is 0.0338. The van der Waals surface area contributed by atoms with Crippen molar-refractivity contribution < 1.29 is 64.6 Å². The largest absolute Gasteiger partial charge is 0.744 e. The van der Waals surface area contributed by atoms with Crippen LogP contribution in [0, 0.1) is 0 Å². The van der Waals surface area contributed by atoms with Crippen LogP contribution in [0.15, 0.2) is 31.8 Å².